The van der Waals surface area contributed by atoms with Crippen LogP contribution in [0.3, 0.4) is 0 Å². The Bertz CT molecular complexity index is 828. The lowest BCUT2D eigenvalue weighted by atomic mass is 10.1. The fourth-order valence-corrected chi connectivity index (χ4v) is 3.07. The molecule has 2 amide bonds. The van der Waals surface area contributed by atoms with E-state index in [2.05, 4.69) is 10.4 Å². The molecule has 0 saturated heterocycles. The number of nitrogens with zero attached hydrogens (tertiary/aromatic N) is 2. The van der Waals surface area contributed by atoms with Gasteiger partial charge in [0, 0.05) is 19.3 Å². The molecule has 0 spiro atoms. The lowest BCUT2D eigenvalue weighted by Crippen LogP contribution is -2.29. The van der Waals surface area contributed by atoms with Crippen LogP contribution in [0.25, 0.3) is 0 Å². The molecule has 0 bridgehead atoms. The van der Waals surface area contributed by atoms with Crippen LogP contribution in [-0.2, 0) is 9.59 Å². The second-order valence-electron chi connectivity index (χ2n) is 6.88. The lowest BCUT2D eigenvalue weighted by molar-refractivity contribution is -0.133. The summed E-state index contributed by atoms with van der Waals surface area (Å²) >= 11 is 0. The van der Waals surface area contributed by atoms with Crippen molar-refractivity contribution in [3.8, 4) is 0 Å². The third kappa shape index (κ3) is 5.03. The summed E-state index contributed by atoms with van der Waals surface area (Å²) in [6.45, 7) is 4.55. The minimum absolute atomic E-state index is 0.0808. The molecule has 0 radical (unpaired) electrons. The molecule has 1 N–H and O–H groups in total. The Kier molecular flexibility index (Phi) is 6.01. The van der Waals surface area contributed by atoms with Gasteiger partial charge in [0.1, 0.15) is 0 Å². The summed E-state index contributed by atoms with van der Waals surface area (Å²) in [4.78, 5) is 24.5. The first-order valence-corrected chi connectivity index (χ1v) is 9.32. The summed E-state index contributed by atoms with van der Waals surface area (Å²) in [5.41, 5.74) is 4.19. The van der Waals surface area contributed by atoms with Gasteiger partial charge in [-0.05, 0) is 25.0 Å². The van der Waals surface area contributed by atoms with E-state index in [0.29, 0.717) is 6.54 Å². The van der Waals surface area contributed by atoms with Crippen LogP contribution < -0.4 is 5.32 Å². The average Bonchev–Trinajstić information content (AvgIpc) is 3.17. The maximum Gasteiger partial charge on any atom is 0.243 e. The van der Waals surface area contributed by atoms with E-state index in [0.717, 1.165) is 23.3 Å². The second kappa shape index (κ2) is 8.62. The molecule has 1 heterocycles. The van der Waals surface area contributed by atoms with Gasteiger partial charge >= 0.3 is 0 Å². The molecule has 2 aromatic rings. The lowest BCUT2D eigenvalue weighted by Gasteiger charge is -2.15. The van der Waals surface area contributed by atoms with Crippen LogP contribution in [-0.4, -0.2) is 29.1 Å². The van der Waals surface area contributed by atoms with Crippen molar-refractivity contribution in [2.75, 3.05) is 6.54 Å². The van der Waals surface area contributed by atoms with Crippen LogP contribution in [0.1, 0.15) is 48.9 Å². The molecule has 5 heteroatoms. The van der Waals surface area contributed by atoms with Gasteiger partial charge in [0.2, 0.25) is 11.8 Å². The first-order chi connectivity index (χ1) is 13.0. The Morgan fingerprint density at radius 1 is 1.07 bits per heavy atom. The van der Waals surface area contributed by atoms with Crippen molar-refractivity contribution >= 4 is 17.5 Å². The van der Waals surface area contributed by atoms with Crippen LogP contribution >= 0.6 is 0 Å². The molecule has 1 aliphatic rings. The quantitative estimate of drug-likeness (QED) is 0.852. The van der Waals surface area contributed by atoms with E-state index in [1.165, 1.54) is 10.6 Å². The molecule has 1 atom stereocenters. The van der Waals surface area contributed by atoms with Crippen LogP contribution in [0.5, 0.6) is 0 Å². The predicted molar refractivity (Wildman–Crippen MR) is 106 cm³/mol. The van der Waals surface area contributed by atoms with Gasteiger partial charge in [-0.25, -0.2) is 5.01 Å². The molecule has 1 aliphatic heterocycles. The number of hydrogen-bond donors (Lipinski definition) is 1. The van der Waals surface area contributed by atoms with Crippen molar-refractivity contribution < 1.29 is 9.59 Å². The van der Waals surface area contributed by atoms with Crippen LogP contribution in [0.15, 0.2) is 59.7 Å². The third-order valence-corrected chi connectivity index (χ3v) is 4.72. The van der Waals surface area contributed by atoms with Gasteiger partial charge in [-0.15, -0.1) is 0 Å². The molecule has 27 heavy (non-hydrogen) atoms. The van der Waals surface area contributed by atoms with Crippen molar-refractivity contribution in [1.29, 1.82) is 0 Å². The molecular formula is C22H25N3O2. The highest BCUT2D eigenvalue weighted by Crippen LogP contribution is 2.16. The summed E-state index contributed by atoms with van der Waals surface area (Å²) in [7, 11) is 0. The highest BCUT2D eigenvalue weighted by molar-refractivity contribution is 6.02. The van der Waals surface area contributed by atoms with E-state index in [1.807, 2.05) is 68.4 Å². The zero-order chi connectivity index (χ0) is 19.2. The van der Waals surface area contributed by atoms with Gasteiger partial charge < -0.3 is 5.32 Å². The van der Waals surface area contributed by atoms with Crippen molar-refractivity contribution in [3.05, 3.63) is 71.3 Å². The minimum Gasteiger partial charge on any atom is -0.350 e. The summed E-state index contributed by atoms with van der Waals surface area (Å²) in [6, 6.07) is 17.9. The molecule has 0 aliphatic carbocycles. The Hall–Kier alpha value is -2.95. The van der Waals surface area contributed by atoms with Gasteiger partial charge in [-0.3, -0.25) is 9.59 Å². The summed E-state index contributed by atoms with van der Waals surface area (Å²) in [5.74, 6) is -0.234. The van der Waals surface area contributed by atoms with Gasteiger partial charge in [0.25, 0.3) is 0 Å². The Labute approximate surface area is 160 Å². The van der Waals surface area contributed by atoms with Crippen molar-refractivity contribution in [2.24, 2.45) is 5.10 Å². The van der Waals surface area contributed by atoms with Crippen molar-refractivity contribution in [2.45, 2.75) is 39.2 Å². The number of benzene rings is 2. The van der Waals surface area contributed by atoms with E-state index in [-0.39, 0.29) is 30.7 Å². The number of hydrogen-bond acceptors (Lipinski definition) is 3. The van der Waals surface area contributed by atoms with E-state index in [9.17, 15) is 9.59 Å². The standard InChI is InChI=1S/C22H25N3O2/c1-16-8-10-18(11-9-16)17(2)23-21(26)12-13-22(27)25-15-14-20(24-25)19-6-4-3-5-7-19/h3-11,17H,12-15H2,1-2H3,(H,23,26). The number of amides is 2. The average molecular weight is 363 g/mol. The molecule has 0 saturated carbocycles. The third-order valence-electron chi connectivity index (χ3n) is 4.72. The fraction of sp³-hybridized carbons (Fsp3) is 0.318. The number of aryl methyl sites for hydroxylation is 1. The second-order valence-corrected chi connectivity index (χ2v) is 6.88. The predicted octanol–water partition coefficient (Wildman–Crippen LogP) is 3.59. The number of hydrazone groups is 1. The Morgan fingerprint density at radius 3 is 2.48 bits per heavy atom. The molecule has 2 aromatic carbocycles. The number of nitrogens with one attached hydrogen (secondary N) is 1. The number of carbonyl (C=O) groups excluding carboxylic acids is 2. The van der Waals surface area contributed by atoms with Crippen molar-refractivity contribution in [3.63, 3.8) is 0 Å². The van der Waals surface area contributed by atoms with Crippen LogP contribution in [0.2, 0.25) is 0 Å². The molecule has 0 aromatic heterocycles. The molecular weight excluding hydrogens is 338 g/mol. The normalized spacial score (nSPS) is 14.6. The molecule has 140 valence electrons. The number of rotatable bonds is 6. The zero-order valence-electron chi connectivity index (χ0n) is 15.8. The van der Waals surface area contributed by atoms with Gasteiger partial charge in [0.15, 0.2) is 0 Å². The Balaban J connectivity index is 1.48. The monoisotopic (exact) mass is 363 g/mol. The van der Waals surface area contributed by atoms with E-state index in [1.54, 1.807) is 0 Å². The highest BCUT2D eigenvalue weighted by Gasteiger charge is 2.22. The van der Waals surface area contributed by atoms with Gasteiger partial charge in [-0.2, -0.15) is 5.10 Å². The largest absolute Gasteiger partial charge is 0.350 e. The molecule has 5 nitrogen and oxygen atoms in total. The maximum absolute atomic E-state index is 12.4. The minimum atomic E-state index is -0.122. The van der Waals surface area contributed by atoms with E-state index in [4.69, 9.17) is 0 Å². The molecule has 0 fully saturated rings. The highest BCUT2D eigenvalue weighted by atomic mass is 16.2. The molecule has 3 rings (SSSR count). The first-order valence-electron chi connectivity index (χ1n) is 9.32. The van der Waals surface area contributed by atoms with Gasteiger partial charge in [0.05, 0.1) is 18.3 Å². The van der Waals surface area contributed by atoms with Crippen molar-refractivity contribution in [1.82, 2.24) is 10.3 Å². The van der Waals surface area contributed by atoms with Crippen LogP contribution in [0.4, 0.5) is 0 Å². The zero-order valence-corrected chi connectivity index (χ0v) is 15.8. The maximum atomic E-state index is 12.4. The molecule has 1 unspecified atom stereocenters. The smallest absolute Gasteiger partial charge is 0.243 e. The number of carbonyl (C=O) groups is 2. The fourth-order valence-electron chi connectivity index (χ4n) is 3.07. The topological polar surface area (TPSA) is 61.8 Å². The summed E-state index contributed by atoms with van der Waals surface area (Å²) in [6.07, 6.45) is 1.08. The summed E-state index contributed by atoms with van der Waals surface area (Å²) < 4.78 is 0. The van der Waals surface area contributed by atoms with Crippen LogP contribution in [0, 0.1) is 6.92 Å². The SMILES string of the molecule is Cc1ccc(C(C)NC(=O)CCC(=O)N2CCC(c3ccccc3)=N2)cc1. The first kappa shape index (κ1) is 18.8. The summed E-state index contributed by atoms with van der Waals surface area (Å²) in [5, 5.41) is 8.86. The van der Waals surface area contributed by atoms with Gasteiger partial charge in [-0.1, -0.05) is 60.2 Å². The Morgan fingerprint density at radius 2 is 1.78 bits per heavy atom. The van der Waals surface area contributed by atoms with E-state index < -0.39 is 0 Å². The van der Waals surface area contributed by atoms with E-state index >= 15 is 0 Å².